The molecule has 19 heavy (non-hydrogen) atoms. The number of tetrazole rings is 1. The zero-order valence-electron chi connectivity index (χ0n) is 11.0. The summed E-state index contributed by atoms with van der Waals surface area (Å²) in [5.41, 5.74) is 0.217. The van der Waals surface area contributed by atoms with Gasteiger partial charge in [0.25, 0.3) is 0 Å². The van der Waals surface area contributed by atoms with E-state index in [1.807, 2.05) is 20.8 Å². The first-order chi connectivity index (χ1) is 8.89. The Morgan fingerprint density at radius 2 is 2.11 bits per heavy atom. The summed E-state index contributed by atoms with van der Waals surface area (Å²) in [5, 5.41) is 14.5. The molecule has 0 aliphatic heterocycles. The molecule has 1 N–H and O–H groups in total. The van der Waals surface area contributed by atoms with Crippen molar-refractivity contribution in [2.75, 3.05) is 5.32 Å². The fraction of sp³-hybridized carbons (Fsp3) is 0.417. The van der Waals surface area contributed by atoms with E-state index >= 15 is 0 Å². The van der Waals surface area contributed by atoms with E-state index in [4.69, 9.17) is 11.6 Å². The van der Waals surface area contributed by atoms with Crippen molar-refractivity contribution in [3.05, 3.63) is 34.6 Å². The summed E-state index contributed by atoms with van der Waals surface area (Å²) >= 11 is 5.73. The van der Waals surface area contributed by atoms with Crippen molar-refractivity contribution in [3.8, 4) is 0 Å². The molecule has 1 heterocycles. The summed E-state index contributed by atoms with van der Waals surface area (Å²) in [6.45, 7) is 6.21. The minimum absolute atomic E-state index is 0.106. The molecule has 0 saturated heterocycles. The first kappa shape index (κ1) is 13.7. The third kappa shape index (κ3) is 3.01. The third-order valence-corrected chi connectivity index (χ3v) is 2.87. The monoisotopic (exact) mass is 283 g/mol. The molecule has 1 aromatic heterocycles. The second-order valence-corrected chi connectivity index (χ2v) is 5.56. The van der Waals surface area contributed by atoms with Gasteiger partial charge in [-0.1, -0.05) is 28.8 Å². The zero-order valence-corrected chi connectivity index (χ0v) is 11.7. The summed E-state index contributed by atoms with van der Waals surface area (Å²) in [5.74, 6) is 0.0679. The maximum absolute atomic E-state index is 13.7. The fourth-order valence-electron chi connectivity index (χ4n) is 1.61. The molecule has 2 aromatic rings. The lowest BCUT2D eigenvalue weighted by Gasteiger charge is -2.20. The molecule has 0 radical (unpaired) electrons. The van der Waals surface area contributed by atoms with Gasteiger partial charge in [-0.15, -0.1) is 0 Å². The van der Waals surface area contributed by atoms with E-state index in [-0.39, 0.29) is 17.1 Å². The summed E-state index contributed by atoms with van der Waals surface area (Å²) in [6.07, 6.45) is 0. The molecule has 0 fully saturated rings. The summed E-state index contributed by atoms with van der Waals surface area (Å²) in [7, 11) is 0. The SMILES string of the molecule is CC(C)(C)n1nnnc1NCc1cccc(Cl)c1F. The Morgan fingerprint density at radius 3 is 2.79 bits per heavy atom. The van der Waals surface area contributed by atoms with E-state index in [2.05, 4.69) is 20.8 Å². The van der Waals surface area contributed by atoms with Gasteiger partial charge in [-0.05, 0) is 37.3 Å². The van der Waals surface area contributed by atoms with Crippen molar-refractivity contribution in [1.29, 1.82) is 0 Å². The highest BCUT2D eigenvalue weighted by molar-refractivity contribution is 6.30. The lowest BCUT2D eigenvalue weighted by atomic mass is 10.1. The van der Waals surface area contributed by atoms with Crippen LogP contribution in [0, 0.1) is 5.82 Å². The minimum Gasteiger partial charge on any atom is -0.349 e. The second kappa shape index (κ2) is 5.13. The second-order valence-electron chi connectivity index (χ2n) is 5.15. The van der Waals surface area contributed by atoms with Crippen molar-refractivity contribution in [3.63, 3.8) is 0 Å². The van der Waals surface area contributed by atoms with Gasteiger partial charge >= 0.3 is 0 Å². The van der Waals surface area contributed by atoms with E-state index in [0.29, 0.717) is 11.5 Å². The molecule has 0 unspecified atom stereocenters. The Hall–Kier alpha value is -1.69. The quantitative estimate of drug-likeness (QED) is 0.941. The van der Waals surface area contributed by atoms with Crippen molar-refractivity contribution in [1.82, 2.24) is 20.2 Å². The summed E-state index contributed by atoms with van der Waals surface area (Å²) in [6, 6.07) is 4.88. The van der Waals surface area contributed by atoms with Gasteiger partial charge in [0, 0.05) is 12.1 Å². The molecule has 1 aromatic carbocycles. The standard InChI is InChI=1S/C12H15ClFN5/c1-12(2,3)19-11(16-17-18-19)15-7-8-5-4-6-9(13)10(8)14/h4-6H,7H2,1-3H3,(H,15,16,18). The topological polar surface area (TPSA) is 55.6 Å². The van der Waals surface area contributed by atoms with Crippen LogP contribution in [0.5, 0.6) is 0 Å². The number of hydrogen-bond acceptors (Lipinski definition) is 4. The van der Waals surface area contributed by atoms with Crippen LogP contribution in [-0.4, -0.2) is 20.2 Å². The van der Waals surface area contributed by atoms with Gasteiger partial charge in [0.05, 0.1) is 10.6 Å². The average molecular weight is 284 g/mol. The molecule has 0 aliphatic carbocycles. The van der Waals surface area contributed by atoms with Crippen molar-refractivity contribution in [2.45, 2.75) is 32.9 Å². The fourth-order valence-corrected chi connectivity index (χ4v) is 1.80. The zero-order chi connectivity index (χ0) is 14.0. The highest BCUT2D eigenvalue weighted by atomic mass is 35.5. The molecule has 7 heteroatoms. The van der Waals surface area contributed by atoms with E-state index in [1.165, 1.54) is 6.07 Å². The summed E-state index contributed by atoms with van der Waals surface area (Å²) < 4.78 is 15.4. The molecule has 0 spiro atoms. The molecule has 2 rings (SSSR count). The van der Waals surface area contributed by atoms with Crippen LogP contribution in [0.15, 0.2) is 18.2 Å². The molecule has 0 bridgehead atoms. The number of nitrogens with one attached hydrogen (secondary N) is 1. The van der Waals surface area contributed by atoms with Crippen LogP contribution in [0.1, 0.15) is 26.3 Å². The van der Waals surface area contributed by atoms with E-state index in [9.17, 15) is 4.39 Å². The molecule has 0 saturated carbocycles. The predicted octanol–water partition coefficient (Wildman–Crippen LogP) is 2.83. The van der Waals surface area contributed by atoms with E-state index < -0.39 is 5.82 Å². The Bertz CT molecular complexity index is 576. The van der Waals surface area contributed by atoms with Crippen LogP contribution in [-0.2, 0) is 12.1 Å². The maximum Gasteiger partial charge on any atom is 0.243 e. The Kier molecular flexibility index (Phi) is 3.71. The average Bonchev–Trinajstić information content (AvgIpc) is 2.79. The predicted molar refractivity (Wildman–Crippen MR) is 71.5 cm³/mol. The number of benzene rings is 1. The number of nitrogens with zero attached hydrogens (tertiary/aromatic N) is 4. The first-order valence-electron chi connectivity index (χ1n) is 5.85. The van der Waals surface area contributed by atoms with Gasteiger partial charge in [0.2, 0.25) is 5.95 Å². The molecule has 0 amide bonds. The van der Waals surface area contributed by atoms with Crippen molar-refractivity contribution < 1.29 is 4.39 Å². The van der Waals surface area contributed by atoms with Crippen LogP contribution in [0.4, 0.5) is 10.3 Å². The smallest absolute Gasteiger partial charge is 0.243 e. The molecular formula is C12H15ClFN5. The molecule has 102 valence electrons. The van der Waals surface area contributed by atoms with Gasteiger partial charge in [-0.25, -0.2) is 9.07 Å². The number of halogens is 2. The minimum atomic E-state index is -0.425. The highest BCUT2D eigenvalue weighted by Gasteiger charge is 2.19. The third-order valence-electron chi connectivity index (χ3n) is 2.57. The number of aromatic nitrogens is 4. The van der Waals surface area contributed by atoms with Crippen LogP contribution >= 0.6 is 11.6 Å². The Morgan fingerprint density at radius 1 is 1.37 bits per heavy atom. The van der Waals surface area contributed by atoms with Gasteiger partial charge in [0.15, 0.2) is 0 Å². The van der Waals surface area contributed by atoms with Crippen LogP contribution in [0.3, 0.4) is 0 Å². The first-order valence-corrected chi connectivity index (χ1v) is 6.23. The number of rotatable bonds is 3. The molecule has 0 atom stereocenters. The lowest BCUT2D eigenvalue weighted by Crippen LogP contribution is -2.25. The summed E-state index contributed by atoms with van der Waals surface area (Å²) in [4.78, 5) is 0. The van der Waals surface area contributed by atoms with E-state index in [1.54, 1.807) is 16.8 Å². The normalized spacial score (nSPS) is 11.6. The van der Waals surface area contributed by atoms with Crippen LogP contribution < -0.4 is 5.32 Å². The van der Waals surface area contributed by atoms with Crippen LogP contribution in [0.25, 0.3) is 0 Å². The largest absolute Gasteiger partial charge is 0.349 e. The van der Waals surface area contributed by atoms with Gasteiger partial charge in [-0.3, -0.25) is 0 Å². The van der Waals surface area contributed by atoms with E-state index in [0.717, 1.165) is 0 Å². The molecule has 0 aliphatic rings. The van der Waals surface area contributed by atoms with Crippen LogP contribution in [0.2, 0.25) is 5.02 Å². The van der Waals surface area contributed by atoms with Gasteiger partial charge in [-0.2, -0.15) is 0 Å². The Labute approximate surface area is 115 Å². The molecule has 5 nitrogen and oxygen atoms in total. The highest BCUT2D eigenvalue weighted by Crippen LogP contribution is 2.20. The van der Waals surface area contributed by atoms with Gasteiger partial charge in [0.1, 0.15) is 5.82 Å². The van der Waals surface area contributed by atoms with Crippen molar-refractivity contribution >= 4 is 17.5 Å². The number of anilines is 1. The lowest BCUT2D eigenvalue weighted by molar-refractivity contribution is 0.351. The van der Waals surface area contributed by atoms with Crippen molar-refractivity contribution in [2.24, 2.45) is 0 Å². The van der Waals surface area contributed by atoms with Gasteiger partial charge < -0.3 is 5.32 Å². The molecular weight excluding hydrogens is 269 g/mol. The number of hydrogen-bond donors (Lipinski definition) is 1. The maximum atomic E-state index is 13.7. The Balaban J connectivity index is 2.16.